The van der Waals surface area contributed by atoms with Crippen LogP contribution in [0, 0.1) is 0 Å². The number of carbonyl (C=O) groups is 2. The fraction of sp³-hybridized carbons (Fsp3) is 0.310. The van der Waals surface area contributed by atoms with Gasteiger partial charge in [-0.3, -0.25) is 13.9 Å². The molecule has 3 aromatic carbocycles. The summed E-state index contributed by atoms with van der Waals surface area (Å²) in [6.45, 7) is 3.57. The third-order valence-electron chi connectivity index (χ3n) is 6.31. The molecule has 3 aromatic rings. The van der Waals surface area contributed by atoms with Gasteiger partial charge in [-0.2, -0.15) is 0 Å². The predicted octanol–water partition coefficient (Wildman–Crippen LogP) is 5.53. The highest BCUT2D eigenvalue weighted by Crippen LogP contribution is 2.24. The Bertz CT molecular complexity index is 1370. The van der Waals surface area contributed by atoms with E-state index >= 15 is 0 Å². The van der Waals surface area contributed by atoms with Gasteiger partial charge in [0, 0.05) is 28.0 Å². The van der Waals surface area contributed by atoms with E-state index in [-0.39, 0.29) is 24.9 Å². The van der Waals surface area contributed by atoms with Crippen molar-refractivity contribution < 1.29 is 18.0 Å². The highest BCUT2D eigenvalue weighted by atomic mass is 79.9. The highest BCUT2D eigenvalue weighted by Gasteiger charge is 2.33. The van der Waals surface area contributed by atoms with Crippen LogP contribution in [0.5, 0.6) is 0 Å². The molecular formula is C29H33Br2N3O4S. The maximum Gasteiger partial charge on any atom is 0.244 e. The van der Waals surface area contributed by atoms with E-state index in [0.717, 1.165) is 32.6 Å². The quantitative estimate of drug-likeness (QED) is 0.273. The Morgan fingerprint density at radius 1 is 0.897 bits per heavy atom. The first-order valence-electron chi connectivity index (χ1n) is 12.6. The molecule has 3 rings (SSSR count). The molecule has 0 aromatic heterocycles. The van der Waals surface area contributed by atoms with Gasteiger partial charge in [-0.15, -0.1) is 0 Å². The summed E-state index contributed by atoms with van der Waals surface area (Å²) >= 11 is 6.81. The van der Waals surface area contributed by atoms with Crippen molar-refractivity contribution in [1.29, 1.82) is 0 Å². The first-order chi connectivity index (χ1) is 18.5. The minimum atomic E-state index is -3.81. The summed E-state index contributed by atoms with van der Waals surface area (Å²) in [4.78, 5) is 29.2. The van der Waals surface area contributed by atoms with E-state index in [2.05, 4.69) is 37.2 Å². The molecule has 10 heteroatoms. The highest BCUT2D eigenvalue weighted by molar-refractivity contribution is 9.10. The van der Waals surface area contributed by atoms with E-state index in [9.17, 15) is 18.0 Å². The molecule has 0 radical (unpaired) electrons. The van der Waals surface area contributed by atoms with Crippen LogP contribution in [0.1, 0.15) is 31.4 Å². The molecule has 0 aliphatic carbocycles. The van der Waals surface area contributed by atoms with Crippen molar-refractivity contribution >= 4 is 59.4 Å². The number of hydrogen-bond acceptors (Lipinski definition) is 4. The van der Waals surface area contributed by atoms with Gasteiger partial charge in [-0.1, -0.05) is 87.3 Å². The molecule has 0 saturated carbocycles. The lowest BCUT2D eigenvalue weighted by atomic mass is 10.0. The topological polar surface area (TPSA) is 86.8 Å². The van der Waals surface area contributed by atoms with Gasteiger partial charge in [0.25, 0.3) is 0 Å². The zero-order valence-corrected chi connectivity index (χ0v) is 26.2. The minimum absolute atomic E-state index is 0.0883. The van der Waals surface area contributed by atoms with E-state index in [1.165, 1.54) is 4.90 Å². The van der Waals surface area contributed by atoms with E-state index < -0.39 is 28.5 Å². The van der Waals surface area contributed by atoms with E-state index in [4.69, 9.17) is 0 Å². The Labute approximate surface area is 247 Å². The molecule has 0 aliphatic rings. The normalized spacial score (nSPS) is 12.8. The number of anilines is 1. The largest absolute Gasteiger partial charge is 0.352 e. The Balaban J connectivity index is 2.05. The van der Waals surface area contributed by atoms with Gasteiger partial charge in [0.2, 0.25) is 21.8 Å². The van der Waals surface area contributed by atoms with Crippen LogP contribution in [-0.2, 0) is 32.6 Å². The van der Waals surface area contributed by atoms with Gasteiger partial charge in [-0.05, 0) is 54.8 Å². The van der Waals surface area contributed by atoms with Crippen LogP contribution in [0.25, 0.3) is 0 Å². The molecular weight excluding hydrogens is 646 g/mol. The Kier molecular flexibility index (Phi) is 11.1. The smallest absolute Gasteiger partial charge is 0.244 e. The maximum absolute atomic E-state index is 14.0. The molecule has 7 nitrogen and oxygen atoms in total. The lowest BCUT2D eigenvalue weighted by molar-refractivity contribution is -0.140. The number of nitrogens with zero attached hydrogens (tertiary/aromatic N) is 2. The van der Waals surface area contributed by atoms with Crippen molar-refractivity contribution in [1.82, 2.24) is 10.2 Å². The summed E-state index contributed by atoms with van der Waals surface area (Å²) in [5.74, 6) is -0.768. The Morgan fingerprint density at radius 2 is 1.56 bits per heavy atom. The molecule has 2 amide bonds. The maximum atomic E-state index is 14.0. The number of rotatable bonds is 12. The average molecular weight is 679 g/mol. The second-order valence-corrected chi connectivity index (χ2v) is 13.2. The third kappa shape index (κ3) is 9.19. The zero-order chi connectivity index (χ0) is 28.6. The lowest BCUT2D eigenvalue weighted by Gasteiger charge is -2.34. The molecule has 0 heterocycles. The zero-order valence-electron chi connectivity index (χ0n) is 22.2. The number of hydrogen-bond donors (Lipinski definition) is 1. The molecule has 0 aliphatic heterocycles. The number of amides is 2. The van der Waals surface area contributed by atoms with Gasteiger partial charge in [0.1, 0.15) is 12.6 Å². The molecule has 0 fully saturated rings. The van der Waals surface area contributed by atoms with Crippen molar-refractivity contribution in [2.24, 2.45) is 0 Å². The monoisotopic (exact) mass is 677 g/mol. The van der Waals surface area contributed by atoms with Gasteiger partial charge in [-0.25, -0.2) is 8.42 Å². The Hall–Kier alpha value is -2.69. The van der Waals surface area contributed by atoms with Crippen LogP contribution < -0.4 is 9.62 Å². The number of carbonyl (C=O) groups excluding carboxylic acids is 2. The summed E-state index contributed by atoms with van der Waals surface area (Å²) in [6, 6.07) is 22.8. The van der Waals surface area contributed by atoms with Crippen molar-refractivity contribution in [3.63, 3.8) is 0 Å². The van der Waals surface area contributed by atoms with Crippen molar-refractivity contribution in [2.45, 2.75) is 45.3 Å². The molecule has 0 spiro atoms. The van der Waals surface area contributed by atoms with Crippen molar-refractivity contribution in [3.8, 4) is 0 Å². The number of halogens is 2. The van der Waals surface area contributed by atoms with Crippen molar-refractivity contribution in [2.75, 3.05) is 17.1 Å². The second kappa shape index (κ2) is 14.1. The lowest BCUT2D eigenvalue weighted by Crippen LogP contribution is -2.54. The van der Waals surface area contributed by atoms with Gasteiger partial charge >= 0.3 is 0 Å². The second-order valence-electron chi connectivity index (χ2n) is 9.42. The SMILES string of the molecule is CCC(C)NC(=O)C(Cc1ccccc1)N(Cc1ccc(Br)cc1)C(=O)CN(c1cccc(Br)c1)S(C)(=O)=O. The van der Waals surface area contributed by atoms with Gasteiger partial charge in [0.05, 0.1) is 11.9 Å². The number of nitrogens with one attached hydrogen (secondary N) is 1. The summed E-state index contributed by atoms with van der Waals surface area (Å²) in [5, 5.41) is 3.02. The minimum Gasteiger partial charge on any atom is -0.352 e. The molecule has 39 heavy (non-hydrogen) atoms. The Morgan fingerprint density at radius 3 is 2.15 bits per heavy atom. The van der Waals surface area contributed by atoms with E-state index in [1.807, 2.05) is 68.4 Å². The average Bonchev–Trinajstić information content (AvgIpc) is 2.90. The van der Waals surface area contributed by atoms with Crippen molar-refractivity contribution in [3.05, 3.63) is 98.9 Å². The van der Waals surface area contributed by atoms with Crippen LogP contribution in [0.15, 0.2) is 87.8 Å². The summed E-state index contributed by atoms with van der Waals surface area (Å²) in [7, 11) is -3.81. The number of sulfonamides is 1. The standard InChI is InChI=1S/C29H33Br2N3O4S/c1-4-21(2)32-29(36)27(17-22-9-6-5-7-10-22)33(19-23-13-15-24(30)16-14-23)28(35)20-34(39(3,37)38)26-12-8-11-25(31)18-26/h5-16,18,21,27H,4,17,19-20H2,1-3H3,(H,32,36). The van der Waals surface area contributed by atoms with Crippen LogP contribution in [0.4, 0.5) is 5.69 Å². The van der Waals surface area contributed by atoms with Crippen LogP contribution >= 0.6 is 31.9 Å². The predicted molar refractivity (Wildman–Crippen MR) is 163 cm³/mol. The van der Waals surface area contributed by atoms with Crippen LogP contribution in [0.3, 0.4) is 0 Å². The van der Waals surface area contributed by atoms with Gasteiger partial charge < -0.3 is 10.2 Å². The molecule has 208 valence electrons. The van der Waals surface area contributed by atoms with E-state index in [0.29, 0.717) is 10.2 Å². The molecule has 2 unspecified atom stereocenters. The summed E-state index contributed by atoms with van der Waals surface area (Å²) < 4.78 is 28.3. The first-order valence-corrected chi connectivity index (χ1v) is 16.0. The molecule has 0 saturated heterocycles. The van der Waals surface area contributed by atoms with Crippen LogP contribution in [0.2, 0.25) is 0 Å². The first kappa shape index (κ1) is 30.8. The fourth-order valence-electron chi connectivity index (χ4n) is 4.03. The molecule has 1 N–H and O–H groups in total. The number of benzene rings is 3. The van der Waals surface area contributed by atoms with Crippen LogP contribution in [-0.4, -0.2) is 50.0 Å². The summed E-state index contributed by atoms with van der Waals surface area (Å²) in [6.07, 6.45) is 2.08. The molecule has 2 atom stereocenters. The fourth-order valence-corrected chi connectivity index (χ4v) is 5.52. The summed E-state index contributed by atoms with van der Waals surface area (Å²) in [5.41, 5.74) is 2.06. The van der Waals surface area contributed by atoms with E-state index in [1.54, 1.807) is 24.3 Å². The molecule has 0 bridgehead atoms. The third-order valence-corrected chi connectivity index (χ3v) is 8.48. The van der Waals surface area contributed by atoms with Gasteiger partial charge in [0.15, 0.2) is 0 Å².